The molecule has 1 unspecified atom stereocenters. The van der Waals surface area contributed by atoms with Crippen LogP contribution in [0.5, 0.6) is 0 Å². The first-order valence-electron chi connectivity index (χ1n) is 6.52. The Balaban J connectivity index is 1.71. The third-order valence-corrected chi connectivity index (χ3v) is 5.92. The van der Waals surface area contributed by atoms with Gasteiger partial charge in [0.2, 0.25) is 5.91 Å². The molecule has 0 spiro atoms. The molecule has 19 heavy (non-hydrogen) atoms. The highest BCUT2D eigenvalue weighted by atomic mass is 35.5. The van der Waals surface area contributed by atoms with Gasteiger partial charge < -0.3 is 10.6 Å². The van der Waals surface area contributed by atoms with Crippen LogP contribution in [-0.4, -0.2) is 30.0 Å². The molecule has 0 aromatic carbocycles. The molecule has 1 aliphatic rings. The van der Waals surface area contributed by atoms with Crippen molar-refractivity contribution in [2.24, 2.45) is 0 Å². The lowest BCUT2D eigenvalue weighted by Gasteiger charge is -2.22. The molecule has 0 aliphatic carbocycles. The van der Waals surface area contributed by atoms with E-state index in [9.17, 15) is 4.79 Å². The van der Waals surface area contributed by atoms with Crippen molar-refractivity contribution in [2.75, 3.05) is 18.8 Å². The Labute approximate surface area is 127 Å². The van der Waals surface area contributed by atoms with Gasteiger partial charge in [-0.05, 0) is 45.0 Å². The van der Waals surface area contributed by atoms with Crippen LogP contribution in [0.4, 0.5) is 0 Å². The average molecular weight is 319 g/mol. The Morgan fingerprint density at radius 2 is 2.32 bits per heavy atom. The minimum Gasteiger partial charge on any atom is -0.348 e. The first kappa shape index (κ1) is 15.2. The maximum absolute atomic E-state index is 11.9. The maximum atomic E-state index is 11.9. The zero-order chi connectivity index (χ0) is 13.7. The normalized spacial score (nSPS) is 18.2. The van der Waals surface area contributed by atoms with Crippen molar-refractivity contribution in [1.29, 1.82) is 0 Å². The summed E-state index contributed by atoms with van der Waals surface area (Å²) in [5, 5.41) is 6.98. The Morgan fingerprint density at radius 3 is 2.95 bits per heavy atom. The molecular formula is C13H19ClN2OS2. The Morgan fingerprint density at radius 1 is 1.58 bits per heavy atom. The third kappa shape index (κ3) is 4.99. The standard InChI is InChI=1S/C13H19ClN2OS2/c1-9(11-2-3-12(14)19-11)16-13(17)8-18-10-4-6-15-7-5-10/h2-3,9-10,15H,4-8H2,1H3,(H,16,17). The molecule has 1 amide bonds. The van der Waals surface area contributed by atoms with Gasteiger partial charge in [0.15, 0.2) is 0 Å². The van der Waals surface area contributed by atoms with Gasteiger partial charge >= 0.3 is 0 Å². The summed E-state index contributed by atoms with van der Waals surface area (Å²) >= 11 is 9.19. The smallest absolute Gasteiger partial charge is 0.230 e. The van der Waals surface area contributed by atoms with Gasteiger partial charge in [0.25, 0.3) is 0 Å². The molecule has 6 heteroatoms. The van der Waals surface area contributed by atoms with Crippen molar-refractivity contribution in [3.63, 3.8) is 0 Å². The highest BCUT2D eigenvalue weighted by molar-refractivity contribution is 8.00. The summed E-state index contributed by atoms with van der Waals surface area (Å²) < 4.78 is 0.764. The van der Waals surface area contributed by atoms with Gasteiger partial charge in [-0.25, -0.2) is 0 Å². The Kier molecular flexibility index (Phi) is 6.01. The second-order valence-corrected chi connectivity index (χ2v) is 7.73. The van der Waals surface area contributed by atoms with Crippen LogP contribution in [0.3, 0.4) is 0 Å². The van der Waals surface area contributed by atoms with E-state index in [1.807, 2.05) is 19.1 Å². The molecule has 2 rings (SSSR count). The van der Waals surface area contributed by atoms with Crippen molar-refractivity contribution in [2.45, 2.75) is 31.1 Å². The molecule has 1 atom stereocenters. The van der Waals surface area contributed by atoms with E-state index in [4.69, 9.17) is 11.6 Å². The molecule has 0 saturated carbocycles. The molecule has 0 bridgehead atoms. The number of halogens is 1. The number of rotatable bonds is 5. The van der Waals surface area contributed by atoms with Crippen LogP contribution in [0, 0.1) is 0 Å². The van der Waals surface area contributed by atoms with Crippen LogP contribution in [0.2, 0.25) is 4.34 Å². The molecule has 1 fully saturated rings. The fraction of sp³-hybridized carbons (Fsp3) is 0.615. The second-order valence-electron chi connectivity index (χ2n) is 4.69. The summed E-state index contributed by atoms with van der Waals surface area (Å²) in [6.07, 6.45) is 2.32. The molecule has 1 aliphatic heterocycles. The number of hydrogen-bond donors (Lipinski definition) is 2. The largest absolute Gasteiger partial charge is 0.348 e. The van der Waals surface area contributed by atoms with E-state index in [1.165, 1.54) is 11.3 Å². The van der Waals surface area contributed by atoms with Gasteiger partial charge in [0, 0.05) is 10.1 Å². The number of nitrogens with one attached hydrogen (secondary N) is 2. The predicted octanol–water partition coefficient (Wildman–Crippen LogP) is 3.06. The number of carbonyl (C=O) groups excluding carboxylic acids is 1. The van der Waals surface area contributed by atoms with Gasteiger partial charge in [-0.2, -0.15) is 0 Å². The number of amides is 1. The van der Waals surface area contributed by atoms with E-state index < -0.39 is 0 Å². The van der Waals surface area contributed by atoms with E-state index in [0.717, 1.165) is 35.1 Å². The Bertz CT molecular complexity index is 419. The maximum Gasteiger partial charge on any atom is 0.230 e. The molecule has 3 nitrogen and oxygen atoms in total. The highest BCUT2D eigenvalue weighted by Crippen LogP contribution is 2.27. The Hall–Kier alpha value is -0.230. The summed E-state index contributed by atoms with van der Waals surface area (Å²) in [7, 11) is 0. The first-order chi connectivity index (χ1) is 9.15. The van der Waals surface area contributed by atoms with Crippen LogP contribution in [0.1, 0.15) is 30.7 Å². The average Bonchev–Trinajstić information content (AvgIpc) is 2.84. The van der Waals surface area contributed by atoms with Crippen molar-refractivity contribution in [3.8, 4) is 0 Å². The highest BCUT2D eigenvalue weighted by Gasteiger charge is 2.16. The summed E-state index contributed by atoms with van der Waals surface area (Å²) in [5.74, 6) is 0.661. The molecule has 1 aromatic rings. The lowest BCUT2D eigenvalue weighted by atomic mass is 10.2. The van der Waals surface area contributed by atoms with Crippen LogP contribution in [0.25, 0.3) is 0 Å². The van der Waals surface area contributed by atoms with Gasteiger partial charge in [0.1, 0.15) is 0 Å². The fourth-order valence-electron chi connectivity index (χ4n) is 2.07. The van der Waals surface area contributed by atoms with E-state index in [-0.39, 0.29) is 11.9 Å². The molecule has 1 saturated heterocycles. The fourth-order valence-corrected chi connectivity index (χ4v) is 4.17. The zero-order valence-electron chi connectivity index (χ0n) is 10.9. The summed E-state index contributed by atoms with van der Waals surface area (Å²) in [6.45, 7) is 4.14. The summed E-state index contributed by atoms with van der Waals surface area (Å²) in [5.41, 5.74) is 0. The SMILES string of the molecule is CC(NC(=O)CSC1CCNCC1)c1ccc(Cl)s1. The monoisotopic (exact) mass is 318 g/mol. The topological polar surface area (TPSA) is 41.1 Å². The van der Waals surface area contributed by atoms with E-state index >= 15 is 0 Å². The van der Waals surface area contributed by atoms with Crippen LogP contribution >= 0.6 is 34.7 Å². The number of thioether (sulfide) groups is 1. The van der Waals surface area contributed by atoms with Crippen molar-refractivity contribution >= 4 is 40.6 Å². The second kappa shape index (κ2) is 7.53. The molecule has 2 heterocycles. The van der Waals surface area contributed by atoms with Crippen LogP contribution < -0.4 is 10.6 Å². The molecule has 2 N–H and O–H groups in total. The number of piperidine rings is 1. The number of carbonyl (C=O) groups is 1. The van der Waals surface area contributed by atoms with Crippen molar-refractivity contribution < 1.29 is 4.79 Å². The van der Waals surface area contributed by atoms with Gasteiger partial charge in [0.05, 0.1) is 16.1 Å². The summed E-state index contributed by atoms with van der Waals surface area (Å²) in [4.78, 5) is 13.0. The van der Waals surface area contributed by atoms with E-state index in [2.05, 4.69) is 10.6 Å². The van der Waals surface area contributed by atoms with Crippen LogP contribution in [0.15, 0.2) is 12.1 Å². The zero-order valence-corrected chi connectivity index (χ0v) is 13.3. The molecule has 1 aromatic heterocycles. The quantitative estimate of drug-likeness (QED) is 0.876. The van der Waals surface area contributed by atoms with E-state index in [0.29, 0.717) is 11.0 Å². The van der Waals surface area contributed by atoms with Gasteiger partial charge in [-0.3, -0.25) is 4.79 Å². The van der Waals surface area contributed by atoms with Crippen LogP contribution in [-0.2, 0) is 4.79 Å². The predicted molar refractivity (Wildman–Crippen MR) is 84.2 cm³/mol. The minimum absolute atomic E-state index is 0.0404. The first-order valence-corrected chi connectivity index (χ1v) is 8.76. The molecule has 106 valence electrons. The van der Waals surface area contributed by atoms with Crippen molar-refractivity contribution in [1.82, 2.24) is 10.6 Å². The minimum atomic E-state index is 0.0404. The molecule has 0 radical (unpaired) electrons. The van der Waals surface area contributed by atoms with Gasteiger partial charge in [-0.1, -0.05) is 11.6 Å². The molecular weight excluding hydrogens is 300 g/mol. The lowest BCUT2D eigenvalue weighted by molar-refractivity contribution is -0.119. The number of hydrogen-bond acceptors (Lipinski definition) is 4. The van der Waals surface area contributed by atoms with Crippen molar-refractivity contribution in [3.05, 3.63) is 21.3 Å². The summed E-state index contributed by atoms with van der Waals surface area (Å²) in [6, 6.07) is 3.88. The number of thiophene rings is 1. The van der Waals surface area contributed by atoms with E-state index in [1.54, 1.807) is 11.8 Å². The third-order valence-electron chi connectivity index (χ3n) is 3.13. The van der Waals surface area contributed by atoms with Gasteiger partial charge in [-0.15, -0.1) is 23.1 Å². The lowest BCUT2D eigenvalue weighted by Crippen LogP contribution is -2.32.